The van der Waals surface area contributed by atoms with Crippen LogP contribution in [0.2, 0.25) is 0 Å². The number of halogens is 3. The third kappa shape index (κ3) is 3.80. The molecule has 0 radical (unpaired) electrons. The third-order valence-corrected chi connectivity index (χ3v) is 6.43. The van der Waals surface area contributed by atoms with E-state index in [1.54, 1.807) is 36.4 Å². The van der Waals surface area contributed by atoms with Gasteiger partial charge in [0.25, 0.3) is 0 Å². The van der Waals surface area contributed by atoms with Crippen LogP contribution in [0.15, 0.2) is 53.7 Å². The molecule has 3 aromatic rings. The van der Waals surface area contributed by atoms with Crippen LogP contribution in [0.1, 0.15) is 25.0 Å². The Kier molecular flexibility index (Phi) is 5.04. The number of nitrogens with two attached hydrogens (primary N) is 1. The van der Waals surface area contributed by atoms with Crippen molar-refractivity contribution in [2.45, 2.75) is 25.1 Å². The van der Waals surface area contributed by atoms with Gasteiger partial charge < -0.3 is 15.2 Å². The number of aromatic nitrogens is 1. The predicted octanol–water partition coefficient (Wildman–Crippen LogP) is 5.56. The predicted molar refractivity (Wildman–Crippen MR) is 122 cm³/mol. The highest BCUT2D eigenvalue weighted by molar-refractivity contribution is 8.14. The summed E-state index contributed by atoms with van der Waals surface area (Å²) in [5.41, 5.74) is 5.30. The molecule has 5 rings (SSSR count). The highest BCUT2D eigenvalue weighted by Gasteiger charge is 2.47. The van der Waals surface area contributed by atoms with Gasteiger partial charge in [-0.3, -0.25) is 0 Å². The Labute approximate surface area is 192 Å². The van der Waals surface area contributed by atoms with Crippen molar-refractivity contribution in [3.63, 3.8) is 0 Å². The van der Waals surface area contributed by atoms with Crippen LogP contribution < -0.4 is 15.2 Å². The first-order valence-corrected chi connectivity index (χ1v) is 11.2. The van der Waals surface area contributed by atoms with E-state index in [2.05, 4.69) is 9.98 Å². The Morgan fingerprint density at radius 3 is 2.70 bits per heavy atom. The number of aliphatic imine (C=N–C) groups is 1. The van der Waals surface area contributed by atoms with Crippen molar-refractivity contribution < 1.29 is 22.6 Å². The van der Waals surface area contributed by atoms with Crippen LogP contribution in [0.25, 0.3) is 11.1 Å². The average molecular weight is 472 g/mol. The van der Waals surface area contributed by atoms with Gasteiger partial charge in [0.15, 0.2) is 16.7 Å². The zero-order valence-electron chi connectivity index (χ0n) is 17.9. The molecule has 33 heavy (non-hydrogen) atoms. The van der Waals surface area contributed by atoms with Gasteiger partial charge in [0.1, 0.15) is 29.3 Å². The Hall–Kier alpha value is -3.20. The molecule has 2 aliphatic rings. The van der Waals surface area contributed by atoms with E-state index in [1.807, 2.05) is 0 Å². The molecular formula is C24H20F3N3O2S. The topological polar surface area (TPSA) is 69.7 Å². The van der Waals surface area contributed by atoms with Crippen molar-refractivity contribution in [3.8, 4) is 28.4 Å². The van der Waals surface area contributed by atoms with Crippen LogP contribution in [-0.4, -0.2) is 28.2 Å². The maximum Gasteiger partial charge on any atom is 0.220 e. The number of benzene rings is 2. The summed E-state index contributed by atoms with van der Waals surface area (Å²) in [4.78, 5) is 8.40. The van der Waals surface area contributed by atoms with Gasteiger partial charge in [0, 0.05) is 34.7 Å². The fraction of sp³-hybridized carbons (Fsp3) is 0.250. The fourth-order valence-electron chi connectivity index (χ4n) is 3.99. The molecule has 2 aromatic carbocycles. The van der Waals surface area contributed by atoms with Crippen LogP contribution in [0.5, 0.6) is 17.2 Å². The molecule has 5 nitrogen and oxygen atoms in total. The molecule has 2 N–H and O–H groups in total. The normalized spacial score (nSPS) is 19.0. The smallest absolute Gasteiger partial charge is 0.220 e. The summed E-state index contributed by atoms with van der Waals surface area (Å²) in [6.07, 6.45) is 1.37. The second-order valence-corrected chi connectivity index (χ2v) is 9.54. The van der Waals surface area contributed by atoms with Crippen molar-refractivity contribution in [2.24, 2.45) is 10.7 Å². The van der Waals surface area contributed by atoms with Gasteiger partial charge in [-0.1, -0.05) is 17.8 Å². The molecule has 3 heterocycles. The molecule has 0 saturated heterocycles. The summed E-state index contributed by atoms with van der Waals surface area (Å²) in [6, 6.07) is 11.1. The van der Waals surface area contributed by atoms with Crippen LogP contribution >= 0.6 is 11.8 Å². The van der Waals surface area contributed by atoms with E-state index in [1.165, 1.54) is 31.8 Å². The summed E-state index contributed by atoms with van der Waals surface area (Å²) in [5.74, 6) is -0.317. The molecule has 0 bridgehead atoms. The molecule has 170 valence electrons. The molecule has 0 fully saturated rings. The standard InChI is InChI=1S/C24H20F3N3O2S/c1-23(2,27)11-31-14-9-17-20(18(25)10-14)32-19-6-5-13(15-4-3-7-29-21(15)26)8-16(19)24(17)12-33-22(28)30-24/h3-10H,11-12H2,1-2H3,(H2,28,30). The number of alkyl halides is 1. The van der Waals surface area contributed by atoms with Gasteiger partial charge in [0.05, 0.1) is 0 Å². The van der Waals surface area contributed by atoms with Crippen LogP contribution in [0, 0.1) is 11.8 Å². The minimum Gasteiger partial charge on any atom is -0.490 e. The van der Waals surface area contributed by atoms with Crippen LogP contribution in [0.4, 0.5) is 13.2 Å². The number of amidine groups is 1. The van der Waals surface area contributed by atoms with Gasteiger partial charge in [-0.2, -0.15) is 4.39 Å². The fourth-order valence-corrected chi connectivity index (χ4v) is 4.94. The first-order chi connectivity index (χ1) is 15.7. The quantitative estimate of drug-likeness (QED) is 0.504. The summed E-state index contributed by atoms with van der Waals surface area (Å²) in [6.45, 7) is 2.50. The van der Waals surface area contributed by atoms with Crippen molar-refractivity contribution in [2.75, 3.05) is 12.4 Å². The molecule has 0 aliphatic carbocycles. The zero-order valence-corrected chi connectivity index (χ0v) is 18.7. The van der Waals surface area contributed by atoms with E-state index in [9.17, 15) is 8.78 Å². The van der Waals surface area contributed by atoms with Gasteiger partial charge >= 0.3 is 0 Å². The molecule has 1 atom stereocenters. The van der Waals surface area contributed by atoms with E-state index in [-0.39, 0.29) is 18.1 Å². The maximum absolute atomic E-state index is 15.1. The molecule has 9 heteroatoms. The van der Waals surface area contributed by atoms with Gasteiger partial charge in [0.2, 0.25) is 5.95 Å². The highest BCUT2D eigenvalue weighted by atomic mass is 32.2. The number of hydrogen-bond donors (Lipinski definition) is 1. The van der Waals surface area contributed by atoms with Crippen molar-refractivity contribution >= 4 is 16.9 Å². The largest absolute Gasteiger partial charge is 0.490 e. The first kappa shape index (κ1) is 21.6. The molecule has 1 aromatic heterocycles. The molecular weight excluding hydrogens is 451 g/mol. The number of pyridine rings is 1. The van der Waals surface area contributed by atoms with Gasteiger partial charge in [-0.05, 0) is 49.7 Å². The van der Waals surface area contributed by atoms with Crippen LogP contribution in [-0.2, 0) is 5.54 Å². The van der Waals surface area contributed by atoms with Crippen molar-refractivity contribution in [1.82, 2.24) is 4.98 Å². The number of thioether (sulfide) groups is 1. The van der Waals surface area contributed by atoms with E-state index in [0.717, 1.165) is 6.07 Å². The zero-order chi connectivity index (χ0) is 23.4. The molecule has 1 spiro atoms. The summed E-state index contributed by atoms with van der Waals surface area (Å²) >= 11 is 1.33. The minimum atomic E-state index is -1.60. The maximum atomic E-state index is 15.1. The molecule has 2 aliphatic heterocycles. The number of hydrogen-bond acceptors (Lipinski definition) is 6. The molecule has 0 amide bonds. The Morgan fingerprint density at radius 1 is 1.18 bits per heavy atom. The third-order valence-electron chi connectivity index (χ3n) is 5.48. The van der Waals surface area contributed by atoms with Crippen molar-refractivity contribution in [1.29, 1.82) is 0 Å². The lowest BCUT2D eigenvalue weighted by atomic mass is 9.80. The molecule has 1 unspecified atom stereocenters. The average Bonchev–Trinajstić information content (AvgIpc) is 3.15. The Bertz CT molecular complexity index is 1290. The summed E-state index contributed by atoms with van der Waals surface area (Å²) < 4.78 is 54.9. The SMILES string of the molecule is CC(C)(F)COc1cc(F)c2c(c1)C1(CSC(N)=N1)c1cc(-c3cccnc3F)ccc1O2. The van der Waals surface area contributed by atoms with Gasteiger partial charge in [-0.25, -0.2) is 18.8 Å². The lowest BCUT2D eigenvalue weighted by Crippen LogP contribution is -2.31. The lowest BCUT2D eigenvalue weighted by molar-refractivity contribution is 0.120. The van der Waals surface area contributed by atoms with Crippen molar-refractivity contribution in [3.05, 3.63) is 71.6 Å². The second-order valence-electron chi connectivity index (χ2n) is 8.54. The van der Waals surface area contributed by atoms with E-state index in [0.29, 0.717) is 38.9 Å². The highest BCUT2D eigenvalue weighted by Crippen LogP contribution is 2.55. The van der Waals surface area contributed by atoms with E-state index in [4.69, 9.17) is 15.2 Å². The first-order valence-electron chi connectivity index (χ1n) is 10.2. The molecule has 0 saturated carbocycles. The van der Waals surface area contributed by atoms with E-state index >= 15 is 4.39 Å². The number of rotatable bonds is 4. The monoisotopic (exact) mass is 471 g/mol. The number of ether oxygens (including phenoxy) is 2. The lowest BCUT2D eigenvalue weighted by Gasteiger charge is -2.35. The number of fused-ring (bicyclic) bond motifs is 4. The van der Waals surface area contributed by atoms with E-state index < -0.39 is 23.0 Å². The Morgan fingerprint density at radius 2 is 2.00 bits per heavy atom. The number of nitrogens with zero attached hydrogens (tertiary/aromatic N) is 2. The second kappa shape index (κ2) is 7.69. The van der Waals surface area contributed by atoms with Gasteiger partial charge in [-0.15, -0.1) is 0 Å². The minimum absolute atomic E-state index is 0.00807. The summed E-state index contributed by atoms with van der Waals surface area (Å²) in [5, 5.41) is 0.336. The summed E-state index contributed by atoms with van der Waals surface area (Å²) in [7, 11) is 0. The Balaban J connectivity index is 1.67. The van der Waals surface area contributed by atoms with Crippen LogP contribution in [0.3, 0.4) is 0 Å².